The van der Waals surface area contributed by atoms with Crippen LogP contribution in [0.25, 0.3) is 0 Å². The standard InChI is InChI=1S/C13H20N2/c1-3-15-8-7-14-13(10-15)12-6-4-5-11(2)9-12/h4-6,9,13-14H,3,7-8,10H2,1-2H3/t13-/m1/s1. The summed E-state index contributed by atoms with van der Waals surface area (Å²) < 4.78 is 0. The van der Waals surface area contributed by atoms with E-state index in [1.165, 1.54) is 17.7 Å². The molecule has 0 radical (unpaired) electrons. The Balaban J connectivity index is 2.09. The number of hydrogen-bond acceptors (Lipinski definition) is 2. The third-order valence-electron chi connectivity index (χ3n) is 3.15. The highest BCUT2D eigenvalue weighted by atomic mass is 15.2. The van der Waals surface area contributed by atoms with Gasteiger partial charge in [0.1, 0.15) is 0 Å². The van der Waals surface area contributed by atoms with Gasteiger partial charge >= 0.3 is 0 Å². The Morgan fingerprint density at radius 3 is 3.07 bits per heavy atom. The number of benzene rings is 1. The fourth-order valence-electron chi connectivity index (χ4n) is 2.21. The van der Waals surface area contributed by atoms with Crippen LogP contribution in [-0.4, -0.2) is 31.1 Å². The van der Waals surface area contributed by atoms with Gasteiger partial charge in [0, 0.05) is 25.7 Å². The summed E-state index contributed by atoms with van der Waals surface area (Å²) in [5.74, 6) is 0. The van der Waals surface area contributed by atoms with Crippen molar-refractivity contribution in [2.24, 2.45) is 0 Å². The van der Waals surface area contributed by atoms with Gasteiger partial charge < -0.3 is 10.2 Å². The van der Waals surface area contributed by atoms with E-state index in [4.69, 9.17) is 0 Å². The Hall–Kier alpha value is -0.860. The Labute approximate surface area is 92.3 Å². The normalized spacial score (nSPS) is 22.9. The van der Waals surface area contributed by atoms with Gasteiger partial charge in [-0.05, 0) is 19.0 Å². The topological polar surface area (TPSA) is 15.3 Å². The average molecular weight is 204 g/mol. The zero-order valence-electron chi connectivity index (χ0n) is 9.66. The molecule has 1 aliphatic heterocycles. The Bertz CT molecular complexity index is 322. The molecular formula is C13H20N2. The third kappa shape index (κ3) is 2.58. The number of nitrogens with one attached hydrogen (secondary N) is 1. The molecule has 0 saturated carbocycles. The third-order valence-corrected chi connectivity index (χ3v) is 3.15. The molecular weight excluding hydrogens is 184 g/mol. The Morgan fingerprint density at radius 2 is 2.33 bits per heavy atom. The average Bonchev–Trinajstić information content (AvgIpc) is 2.29. The molecule has 1 aromatic carbocycles. The highest BCUT2D eigenvalue weighted by Gasteiger charge is 2.19. The summed E-state index contributed by atoms with van der Waals surface area (Å²) in [6.45, 7) is 8.97. The summed E-state index contributed by atoms with van der Waals surface area (Å²) in [7, 11) is 0. The summed E-state index contributed by atoms with van der Waals surface area (Å²) in [6.07, 6.45) is 0. The lowest BCUT2D eigenvalue weighted by atomic mass is 10.0. The summed E-state index contributed by atoms with van der Waals surface area (Å²) in [4.78, 5) is 2.50. The summed E-state index contributed by atoms with van der Waals surface area (Å²) in [6, 6.07) is 9.33. The zero-order chi connectivity index (χ0) is 10.7. The van der Waals surface area contributed by atoms with E-state index in [0.29, 0.717) is 6.04 Å². The first-order chi connectivity index (χ1) is 7.29. The number of rotatable bonds is 2. The van der Waals surface area contributed by atoms with Crippen molar-refractivity contribution in [2.45, 2.75) is 19.9 Å². The first-order valence-electron chi connectivity index (χ1n) is 5.82. The van der Waals surface area contributed by atoms with E-state index in [2.05, 4.69) is 48.3 Å². The van der Waals surface area contributed by atoms with Gasteiger partial charge in [-0.3, -0.25) is 0 Å². The lowest BCUT2D eigenvalue weighted by Gasteiger charge is -2.33. The van der Waals surface area contributed by atoms with E-state index < -0.39 is 0 Å². The second kappa shape index (κ2) is 4.77. The Morgan fingerprint density at radius 1 is 1.47 bits per heavy atom. The van der Waals surface area contributed by atoms with Gasteiger partial charge in [-0.25, -0.2) is 0 Å². The molecule has 0 aliphatic carbocycles. The van der Waals surface area contributed by atoms with Gasteiger partial charge in [-0.15, -0.1) is 0 Å². The molecule has 82 valence electrons. The molecule has 1 fully saturated rings. The number of likely N-dealkylation sites (N-methyl/N-ethyl adjacent to an activating group) is 1. The molecule has 2 rings (SSSR count). The predicted octanol–water partition coefficient (Wildman–Crippen LogP) is 1.96. The predicted molar refractivity (Wildman–Crippen MR) is 64.0 cm³/mol. The van der Waals surface area contributed by atoms with Crippen LogP contribution < -0.4 is 5.32 Å². The van der Waals surface area contributed by atoms with Crippen LogP contribution >= 0.6 is 0 Å². The minimum Gasteiger partial charge on any atom is -0.308 e. The summed E-state index contributed by atoms with van der Waals surface area (Å²) in [5.41, 5.74) is 2.77. The van der Waals surface area contributed by atoms with Crippen LogP contribution in [0.5, 0.6) is 0 Å². The molecule has 1 saturated heterocycles. The van der Waals surface area contributed by atoms with Crippen molar-refractivity contribution in [2.75, 3.05) is 26.2 Å². The molecule has 2 nitrogen and oxygen atoms in total. The van der Waals surface area contributed by atoms with E-state index in [9.17, 15) is 0 Å². The molecule has 0 bridgehead atoms. The molecule has 1 aliphatic rings. The quantitative estimate of drug-likeness (QED) is 0.792. The first-order valence-corrected chi connectivity index (χ1v) is 5.82. The fraction of sp³-hybridized carbons (Fsp3) is 0.538. The molecule has 0 unspecified atom stereocenters. The van der Waals surface area contributed by atoms with Gasteiger partial charge in [-0.2, -0.15) is 0 Å². The lowest BCUT2D eigenvalue weighted by Crippen LogP contribution is -2.45. The molecule has 0 amide bonds. The monoisotopic (exact) mass is 204 g/mol. The first kappa shape index (κ1) is 10.7. The highest BCUT2D eigenvalue weighted by molar-refractivity contribution is 5.25. The number of aryl methyl sites for hydroxylation is 1. The molecule has 1 heterocycles. The van der Waals surface area contributed by atoms with E-state index >= 15 is 0 Å². The minimum atomic E-state index is 0.513. The van der Waals surface area contributed by atoms with Crippen LogP contribution in [-0.2, 0) is 0 Å². The van der Waals surface area contributed by atoms with Crippen LogP contribution in [0.3, 0.4) is 0 Å². The zero-order valence-corrected chi connectivity index (χ0v) is 9.66. The number of nitrogens with zero attached hydrogens (tertiary/aromatic N) is 1. The van der Waals surface area contributed by atoms with Crippen molar-refractivity contribution in [3.8, 4) is 0 Å². The minimum absolute atomic E-state index is 0.513. The van der Waals surface area contributed by atoms with Crippen LogP contribution in [0.2, 0.25) is 0 Å². The van der Waals surface area contributed by atoms with E-state index in [1.54, 1.807) is 0 Å². The largest absolute Gasteiger partial charge is 0.308 e. The van der Waals surface area contributed by atoms with Crippen LogP contribution in [0.15, 0.2) is 24.3 Å². The van der Waals surface area contributed by atoms with Crippen molar-refractivity contribution < 1.29 is 0 Å². The van der Waals surface area contributed by atoms with Crippen molar-refractivity contribution in [3.05, 3.63) is 35.4 Å². The van der Waals surface area contributed by atoms with Gasteiger partial charge in [0.2, 0.25) is 0 Å². The van der Waals surface area contributed by atoms with E-state index in [0.717, 1.165) is 19.6 Å². The molecule has 0 aromatic heterocycles. The second-order valence-electron chi connectivity index (χ2n) is 4.31. The molecule has 2 heteroatoms. The van der Waals surface area contributed by atoms with Gasteiger partial charge in [-0.1, -0.05) is 36.8 Å². The van der Waals surface area contributed by atoms with E-state index in [-0.39, 0.29) is 0 Å². The van der Waals surface area contributed by atoms with Crippen molar-refractivity contribution in [1.82, 2.24) is 10.2 Å². The Kier molecular flexibility index (Phi) is 3.39. The van der Waals surface area contributed by atoms with Gasteiger partial charge in [0.15, 0.2) is 0 Å². The SMILES string of the molecule is CCN1CCN[C@@H](c2cccc(C)c2)C1. The number of hydrogen-bond donors (Lipinski definition) is 1. The van der Waals surface area contributed by atoms with Gasteiger partial charge in [0.25, 0.3) is 0 Å². The van der Waals surface area contributed by atoms with Crippen molar-refractivity contribution in [3.63, 3.8) is 0 Å². The maximum Gasteiger partial charge on any atom is 0.0449 e. The second-order valence-corrected chi connectivity index (χ2v) is 4.31. The van der Waals surface area contributed by atoms with Crippen molar-refractivity contribution >= 4 is 0 Å². The molecule has 1 N–H and O–H groups in total. The van der Waals surface area contributed by atoms with Crippen LogP contribution in [0.4, 0.5) is 0 Å². The smallest absolute Gasteiger partial charge is 0.0449 e. The maximum absolute atomic E-state index is 3.59. The molecule has 15 heavy (non-hydrogen) atoms. The molecule has 0 spiro atoms. The summed E-state index contributed by atoms with van der Waals surface area (Å²) >= 11 is 0. The fourth-order valence-corrected chi connectivity index (χ4v) is 2.21. The highest BCUT2D eigenvalue weighted by Crippen LogP contribution is 2.17. The summed E-state index contributed by atoms with van der Waals surface area (Å²) in [5, 5.41) is 3.59. The molecule has 1 aromatic rings. The van der Waals surface area contributed by atoms with E-state index in [1.807, 2.05) is 0 Å². The maximum atomic E-state index is 3.59. The van der Waals surface area contributed by atoms with Crippen molar-refractivity contribution in [1.29, 1.82) is 0 Å². The van der Waals surface area contributed by atoms with Crippen LogP contribution in [0, 0.1) is 6.92 Å². The number of piperazine rings is 1. The van der Waals surface area contributed by atoms with Gasteiger partial charge in [0.05, 0.1) is 0 Å². The lowest BCUT2D eigenvalue weighted by molar-refractivity contribution is 0.210. The molecule has 1 atom stereocenters. The van der Waals surface area contributed by atoms with Crippen LogP contribution in [0.1, 0.15) is 24.1 Å².